The van der Waals surface area contributed by atoms with Gasteiger partial charge in [-0.2, -0.15) is 0 Å². The molecule has 4 N–H and O–H groups in total. The third-order valence-corrected chi connectivity index (χ3v) is 6.62. The first-order valence-electron chi connectivity index (χ1n) is 10.1. The molecule has 0 saturated carbocycles. The van der Waals surface area contributed by atoms with E-state index >= 15 is 0 Å². The Morgan fingerprint density at radius 1 is 0.970 bits per heavy atom. The van der Waals surface area contributed by atoms with Crippen LogP contribution in [0.3, 0.4) is 0 Å². The molecular weight excluding hydrogens is 447 g/mol. The third-order valence-electron chi connectivity index (χ3n) is 5.16. The maximum Gasteiger partial charge on any atom is 0.323 e. The molecule has 170 valence electrons. The Morgan fingerprint density at radius 3 is 2.45 bits per heavy atom. The van der Waals surface area contributed by atoms with Gasteiger partial charge in [0, 0.05) is 17.8 Å². The van der Waals surface area contributed by atoms with Gasteiger partial charge in [0.05, 0.1) is 15.9 Å². The lowest BCUT2D eigenvalue weighted by Gasteiger charge is -2.11. The second kappa shape index (κ2) is 9.00. The van der Waals surface area contributed by atoms with Gasteiger partial charge in [-0.3, -0.25) is 4.79 Å². The summed E-state index contributed by atoms with van der Waals surface area (Å²) in [4.78, 5) is 29.5. The van der Waals surface area contributed by atoms with E-state index in [0.29, 0.717) is 28.7 Å². The number of halogens is 1. The van der Waals surface area contributed by atoms with Crippen LogP contribution in [0.15, 0.2) is 70.4 Å². The van der Waals surface area contributed by atoms with Crippen molar-refractivity contribution in [3.63, 3.8) is 0 Å². The van der Waals surface area contributed by atoms with Gasteiger partial charge in [-0.25, -0.2) is 22.3 Å². The second-order valence-corrected chi connectivity index (χ2v) is 9.31. The van der Waals surface area contributed by atoms with E-state index in [2.05, 4.69) is 20.0 Å². The van der Waals surface area contributed by atoms with Crippen LogP contribution >= 0.6 is 0 Å². The maximum atomic E-state index is 13.0. The number of nitrogens with one attached hydrogen (secondary N) is 4. The number of anilines is 1. The molecule has 8 nitrogen and oxygen atoms in total. The fourth-order valence-electron chi connectivity index (χ4n) is 3.39. The molecule has 3 aromatic carbocycles. The number of carbonyl (C=O) groups excluding carboxylic acids is 1. The molecule has 4 aromatic rings. The molecule has 0 aliphatic heterocycles. The number of H-pyrrole nitrogens is 2. The predicted octanol–water partition coefficient (Wildman–Crippen LogP) is 3.08. The number of aromatic nitrogens is 2. The van der Waals surface area contributed by atoms with Crippen molar-refractivity contribution in [3.8, 4) is 0 Å². The summed E-state index contributed by atoms with van der Waals surface area (Å²) in [6, 6.07) is 15.1. The van der Waals surface area contributed by atoms with Gasteiger partial charge < -0.3 is 15.3 Å². The van der Waals surface area contributed by atoms with Crippen LogP contribution in [0.1, 0.15) is 21.5 Å². The highest BCUT2D eigenvalue weighted by Crippen LogP contribution is 2.19. The number of imidazole rings is 1. The maximum absolute atomic E-state index is 13.0. The van der Waals surface area contributed by atoms with Gasteiger partial charge in [0.2, 0.25) is 10.0 Å². The number of sulfonamides is 1. The zero-order valence-corrected chi connectivity index (χ0v) is 18.4. The Labute approximate surface area is 188 Å². The summed E-state index contributed by atoms with van der Waals surface area (Å²) in [5, 5.41) is 2.73. The average Bonchev–Trinajstić information content (AvgIpc) is 3.14. The lowest BCUT2D eigenvalue weighted by atomic mass is 10.1. The van der Waals surface area contributed by atoms with E-state index in [1.165, 1.54) is 24.3 Å². The summed E-state index contributed by atoms with van der Waals surface area (Å²) >= 11 is 0. The smallest absolute Gasteiger partial charge is 0.322 e. The molecular formula is C23H21FN4O4S. The Kier molecular flexibility index (Phi) is 6.12. The van der Waals surface area contributed by atoms with Crippen molar-refractivity contribution in [1.29, 1.82) is 0 Å². The van der Waals surface area contributed by atoms with Gasteiger partial charge in [0.25, 0.3) is 5.91 Å². The van der Waals surface area contributed by atoms with Crippen molar-refractivity contribution < 1.29 is 17.6 Å². The Morgan fingerprint density at radius 2 is 1.70 bits per heavy atom. The minimum atomic E-state index is -3.86. The molecule has 1 aromatic heterocycles. The van der Waals surface area contributed by atoms with Crippen molar-refractivity contribution in [3.05, 3.63) is 93.7 Å². The lowest BCUT2D eigenvalue weighted by Crippen LogP contribution is -2.26. The van der Waals surface area contributed by atoms with Gasteiger partial charge in [-0.15, -0.1) is 0 Å². The first kappa shape index (κ1) is 22.4. The lowest BCUT2D eigenvalue weighted by molar-refractivity contribution is 0.102. The molecule has 0 radical (unpaired) electrons. The monoisotopic (exact) mass is 468 g/mol. The van der Waals surface area contributed by atoms with E-state index in [-0.39, 0.29) is 28.5 Å². The van der Waals surface area contributed by atoms with Gasteiger partial charge in [-0.05, 0) is 66.9 Å². The van der Waals surface area contributed by atoms with Crippen molar-refractivity contribution in [2.24, 2.45) is 0 Å². The summed E-state index contributed by atoms with van der Waals surface area (Å²) in [5.41, 5.74) is 2.85. The molecule has 4 rings (SSSR count). The number of hydrogen-bond acceptors (Lipinski definition) is 4. The van der Waals surface area contributed by atoms with E-state index in [1.54, 1.807) is 43.3 Å². The number of benzene rings is 3. The Balaban J connectivity index is 1.48. The van der Waals surface area contributed by atoms with Crippen LogP contribution in [0.2, 0.25) is 0 Å². The number of aromatic amines is 2. The SMILES string of the molecule is Cc1ccc(S(=O)(=O)NCCc2ccc(F)cc2)cc1C(=O)Nc1ccc2[nH]c(=O)[nH]c2c1. The van der Waals surface area contributed by atoms with Crippen molar-refractivity contribution in [2.75, 3.05) is 11.9 Å². The highest BCUT2D eigenvalue weighted by Gasteiger charge is 2.18. The van der Waals surface area contributed by atoms with Crippen LogP contribution in [-0.2, 0) is 16.4 Å². The zero-order valence-electron chi connectivity index (χ0n) is 17.6. The number of carbonyl (C=O) groups is 1. The second-order valence-electron chi connectivity index (χ2n) is 7.54. The zero-order chi connectivity index (χ0) is 23.6. The molecule has 10 heteroatoms. The standard InChI is InChI=1S/C23H21FN4O4S/c1-14-2-8-18(33(31,32)25-11-10-15-3-5-16(24)6-4-15)13-19(14)22(29)26-17-7-9-20-21(12-17)28-23(30)27-20/h2-9,12-13,25H,10-11H2,1H3,(H,26,29)(H2,27,28,30). The van der Waals surface area contributed by atoms with Crippen LogP contribution < -0.4 is 15.7 Å². The molecule has 0 saturated heterocycles. The largest absolute Gasteiger partial charge is 0.323 e. The van der Waals surface area contributed by atoms with Crippen LogP contribution in [0.5, 0.6) is 0 Å². The molecule has 0 aliphatic rings. The van der Waals surface area contributed by atoms with Crippen molar-refractivity contribution in [2.45, 2.75) is 18.2 Å². The molecule has 1 heterocycles. The first-order valence-corrected chi connectivity index (χ1v) is 11.6. The molecule has 0 fully saturated rings. The highest BCUT2D eigenvalue weighted by atomic mass is 32.2. The summed E-state index contributed by atoms with van der Waals surface area (Å²) in [6.45, 7) is 1.83. The number of hydrogen-bond donors (Lipinski definition) is 4. The molecule has 0 spiro atoms. The topological polar surface area (TPSA) is 124 Å². The summed E-state index contributed by atoms with van der Waals surface area (Å²) in [5.74, 6) is -0.834. The summed E-state index contributed by atoms with van der Waals surface area (Å²) in [7, 11) is -3.86. The number of amides is 1. The van der Waals surface area contributed by atoms with E-state index in [9.17, 15) is 22.4 Å². The van der Waals surface area contributed by atoms with E-state index in [4.69, 9.17) is 0 Å². The van der Waals surface area contributed by atoms with Crippen LogP contribution in [0, 0.1) is 12.7 Å². The van der Waals surface area contributed by atoms with Gasteiger partial charge in [0.1, 0.15) is 5.82 Å². The fourth-order valence-corrected chi connectivity index (χ4v) is 4.44. The van der Waals surface area contributed by atoms with Crippen molar-refractivity contribution >= 4 is 32.7 Å². The minimum absolute atomic E-state index is 0.0391. The number of aryl methyl sites for hydroxylation is 1. The Bertz CT molecular complexity index is 1490. The minimum Gasteiger partial charge on any atom is -0.322 e. The third kappa shape index (κ3) is 5.18. The molecule has 0 bridgehead atoms. The van der Waals surface area contributed by atoms with Crippen LogP contribution in [-0.4, -0.2) is 30.8 Å². The predicted molar refractivity (Wildman–Crippen MR) is 123 cm³/mol. The quantitative estimate of drug-likeness (QED) is 0.333. The average molecular weight is 469 g/mol. The number of fused-ring (bicyclic) bond motifs is 1. The molecule has 0 aliphatic carbocycles. The van der Waals surface area contributed by atoms with E-state index in [1.807, 2.05) is 0 Å². The van der Waals surface area contributed by atoms with Gasteiger partial charge in [-0.1, -0.05) is 18.2 Å². The number of rotatable bonds is 7. The molecule has 33 heavy (non-hydrogen) atoms. The first-order chi connectivity index (χ1) is 15.7. The fraction of sp³-hybridized carbons (Fsp3) is 0.130. The van der Waals surface area contributed by atoms with E-state index in [0.717, 1.165) is 5.56 Å². The summed E-state index contributed by atoms with van der Waals surface area (Å²) in [6.07, 6.45) is 0.391. The van der Waals surface area contributed by atoms with Crippen molar-refractivity contribution in [1.82, 2.24) is 14.7 Å². The van der Waals surface area contributed by atoms with Crippen LogP contribution in [0.25, 0.3) is 11.0 Å². The summed E-state index contributed by atoms with van der Waals surface area (Å²) < 4.78 is 41.0. The molecule has 0 unspecified atom stereocenters. The molecule has 1 amide bonds. The van der Waals surface area contributed by atoms with E-state index < -0.39 is 15.9 Å². The molecule has 0 atom stereocenters. The van der Waals surface area contributed by atoms with Gasteiger partial charge >= 0.3 is 5.69 Å². The highest BCUT2D eigenvalue weighted by molar-refractivity contribution is 7.89. The Hall–Kier alpha value is -3.76. The van der Waals surface area contributed by atoms with Gasteiger partial charge in [0.15, 0.2) is 0 Å². The van der Waals surface area contributed by atoms with Crippen LogP contribution in [0.4, 0.5) is 10.1 Å². The normalized spacial score (nSPS) is 11.6.